The summed E-state index contributed by atoms with van der Waals surface area (Å²) < 4.78 is 19.8. The number of hydrogen-bond acceptors (Lipinski definition) is 6. The Morgan fingerprint density at radius 1 is 1.39 bits per heavy atom. The summed E-state index contributed by atoms with van der Waals surface area (Å²) >= 11 is 0. The summed E-state index contributed by atoms with van der Waals surface area (Å²) in [5.41, 5.74) is 2.41. The molecule has 2 heterocycles. The first-order valence-electron chi connectivity index (χ1n) is 9.50. The molecule has 2 amide bonds. The van der Waals surface area contributed by atoms with Crippen molar-refractivity contribution in [1.29, 1.82) is 0 Å². The third-order valence-corrected chi connectivity index (χ3v) is 5.46. The highest BCUT2D eigenvalue weighted by molar-refractivity contribution is 5.89. The van der Waals surface area contributed by atoms with Crippen LogP contribution in [0.25, 0.3) is 0 Å². The zero-order valence-corrected chi connectivity index (χ0v) is 15.9. The van der Waals surface area contributed by atoms with Crippen LogP contribution in [0.5, 0.6) is 0 Å². The summed E-state index contributed by atoms with van der Waals surface area (Å²) in [5, 5.41) is 13.1. The minimum Gasteiger partial charge on any atom is -0.443 e. The zero-order valence-electron chi connectivity index (χ0n) is 15.9. The minimum absolute atomic E-state index is 0.0211. The molecule has 0 bridgehead atoms. The molecular formula is C19H27FN4O4. The summed E-state index contributed by atoms with van der Waals surface area (Å²) in [5.74, 6) is -0.351. The number of carbonyl (C=O) groups is 2. The van der Waals surface area contributed by atoms with Crippen LogP contribution in [-0.4, -0.2) is 78.7 Å². The van der Waals surface area contributed by atoms with Gasteiger partial charge in [-0.05, 0) is 18.9 Å². The number of piperazine rings is 1. The number of cyclic esters (lactones) is 1. The number of benzene rings is 1. The standard InChI is InChI=1S/C19H27FN4O4/c1-19(14-6-3-2-4-7-14,15-12-21-18(27)28-15)17(26)22-24-10-9-23(8-5-11-25)16(20)13-24/h2-4,6-7,15-16,25H,5,8-13H2,1H3,(H,21,27)(H,22,26). The molecule has 3 rings (SSSR count). The molecule has 9 heteroatoms. The number of carbonyl (C=O) groups excluding carboxylic acids is 2. The summed E-state index contributed by atoms with van der Waals surface area (Å²) in [6.07, 6.45) is -1.94. The van der Waals surface area contributed by atoms with Crippen LogP contribution in [0.4, 0.5) is 9.18 Å². The average Bonchev–Trinajstić information content (AvgIpc) is 3.14. The topological polar surface area (TPSA) is 94.1 Å². The molecular weight excluding hydrogens is 367 g/mol. The molecule has 0 aliphatic carbocycles. The Hall–Kier alpha value is -2.23. The fraction of sp³-hybridized carbons (Fsp3) is 0.579. The van der Waals surface area contributed by atoms with Crippen molar-refractivity contribution in [2.24, 2.45) is 0 Å². The summed E-state index contributed by atoms with van der Waals surface area (Å²) in [6, 6.07) is 9.12. The summed E-state index contributed by atoms with van der Waals surface area (Å²) in [7, 11) is 0. The van der Waals surface area contributed by atoms with Gasteiger partial charge in [-0.3, -0.25) is 15.1 Å². The van der Waals surface area contributed by atoms with Crippen LogP contribution in [0.3, 0.4) is 0 Å². The van der Waals surface area contributed by atoms with Gasteiger partial charge in [-0.15, -0.1) is 0 Å². The lowest BCUT2D eigenvalue weighted by molar-refractivity contribution is -0.137. The molecule has 154 valence electrons. The van der Waals surface area contributed by atoms with Crippen LogP contribution in [-0.2, 0) is 14.9 Å². The molecule has 0 spiro atoms. The number of rotatable bonds is 7. The highest BCUT2D eigenvalue weighted by atomic mass is 19.1. The van der Waals surface area contributed by atoms with E-state index in [1.165, 1.54) is 0 Å². The fourth-order valence-corrected chi connectivity index (χ4v) is 3.62. The number of alkyl halides is 1. The highest BCUT2D eigenvalue weighted by Gasteiger charge is 2.48. The van der Waals surface area contributed by atoms with E-state index in [9.17, 15) is 14.0 Å². The first-order chi connectivity index (χ1) is 13.4. The quantitative estimate of drug-likeness (QED) is 0.579. The van der Waals surface area contributed by atoms with Crippen molar-refractivity contribution in [3.05, 3.63) is 35.9 Å². The molecule has 28 heavy (non-hydrogen) atoms. The number of aliphatic hydroxyl groups is 1. The molecule has 0 aromatic heterocycles. The molecule has 1 aromatic rings. The molecule has 0 saturated carbocycles. The van der Waals surface area contributed by atoms with Crippen molar-refractivity contribution in [3.8, 4) is 0 Å². The monoisotopic (exact) mass is 394 g/mol. The van der Waals surface area contributed by atoms with E-state index in [1.807, 2.05) is 30.3 Å². The van der Waals surface area contributed by atoms with E-state index in [2.05, 4.69) is 10.7 Å². The number of aliphatic hydroxyl groups excluding tert-OH is 1. The SMILES string of the molecule is CC(C(=O)NN1CCN(CCCO)C(F)C1)(c1ccccc1)C1CNC(=O)O1. The van der Waals surface area contributed by atoms with E-state index in [1.54, 1.807) is 16.8 Å². The van der Waals surface area contributed by atoms with E-state index in [4.69, 9.17) is 9.84 Å². The third kappa shape index (κ3) is 4.26. The number of hydrogen-bond donors (Lipinski definition) is 3. The van der Waals surface area contributed by atoms with Crippen molar-refractivity contribution in [3.63, 3.8) is 0 Å². The van der Waals surface area contributed by atoms with Gasteiger partial charge in [0.1, 0.15) is 11.5 Å². The lowest BCUT2D eigenvalue weighted by Gasteiger charge is -2.40. The van der Waals surface area contributed by atoms with Crippen molar-refractivity contribution < 1.29 is 23.8 Å². The molecule has 1 aromatic carbocycles. The third-order valence-electron chi connectivity index (χ3n) is 5.46. The Morgan fingerprint density at radius 2 is 2.14 bits per heavy atom. The van der Waals surface area contributed by atoms with Gasteiger partial charge in [0.05, 0.1) is 13.1 Å². The molecule has 2 aliphatic heterocycles. The molecule has 8 nitrogen and oxygen atoms in total. The summed E-state index contributed by atoms with van der Waals surface area (Å²) in [6.45, 7) is 3.39. The second-order valence-electron chi connectivity index (χ2n) is 7.28. The molecule has 2 fully saturated rings. The van der Waals surface area contributed by atoms with Crippen LogP contribution in [0.1, 0.15) is 18.9 Å². The maximum absolute atomic E-state index is 14.4. The molecule has 3 unspecified atom stereocenters. The molecule has 3 N–H and O–H groups in total. The fourth-order valence-electron chi connectivity index (χ4n) is 3.62. The lowest BCUT2D eigenvalue weighted by atomic mass is 9.76. The second kappa shape index (κ2) is 8.85. The van der Waals surface area contributed by atoms with Gasteiger partial charge in [-0.2, -0.15) is 0 Å². The van der Waals surface area contributed by atoms with Gasteiger partial charge < -0.3 is 15.2 Å². The van der Waals surface area contributed by atoms with E-state index in [0.29, 0.717) is 31.6 Å². The van der Waals surface area contributed by atoms with Crippen molar-refractivity contribution in [1.82, 2.24) is 20.7 Å². The second-order valence-corrected chi connectivity index (χ2v) is 7.28. The number of amides is 2. The van der Waals surface area contributed by atoms with E-state index in [-0.39, 0.29) is 25.6 Å². The van der Waals surface area contributed by atoms with Gasteiger partial charge in [-0.25, -0.2) is 14.2 Å². The van der Waals surface area contributed by atoms with Gasteiger partial charge in [0, 0.05) is 26.2 Å². The minimum atomic E-state index is -1.23. The number of halogens is 1. The highest BCUT2D eigenvalue weighted by Crippen LogP contribution is 2.32. The molecule has 0 radical (unpaired) electrons. The van der Waals surface area contributed by atoms with E-state index < -0.39 is 23.9 Å². The maximum atomic E-state index is 14.4. The molecule has 3 atom stereocenters. The number of nitrogens with one attached hydrogen (secondary N) is 2. The smallest absolute Gasteiger partial charge is 0.407 e. The lowest BCUT2D eigenvalue weighted by Crippen LogP contribution is -2.61. The van der Waals surface area contributed by atoms with Gasteiger partial charge in [0.2, 0.25) is 5.91 Å². The number of nitrogens with zero attached hydrogens (tertiary/aromatic N) is 2. The normalized spacial score (nSPS) is 25.6. The van der Waals surface area contributed by atoms with Crippen LogP contribution >= 0.6 is 0 Å². The predicted molar refractivity (Wildman–Crippen MR) is 100.0 cm³/mol. The van der Waals surface area contributed by atoms with E-state index in [0.717, 1.165) is 0 Å². The van der Waals surface area contributed by atoms with Gasteiger partial charge >= 0.3 is 6.09 Å². The first kappa shape index (κ1) is 20.5. The van der Waals surface area contributed by atoms with Crippen molar-refractivity contribution in [2.75, 3.05) is 39.3 Å². The Morgan fingerprint density at radius 3 is 2.75 bits per heavy atom. The maximum Gasteiger partial charge on any atom is 0.407 e. The Balaban J connectivity index is 1.71. The first-order valence-corrected chi connectivity index (χ1v) is 9.50. The van der Waals surface area contributed by atoms with Crippen LogP contribution in [0.2, 0.25) is 0 Å². The van der Waals surface area contributed by atoms with E-state index >= 15 is 0 Å². The largest absolute Gasteiger partial charge is 0.443 e. The summed E-state index contributed by atoms with van der Waals surface area (Å²) in [4.78, 5) is 26.5. The average molecular weight is 394 g/mol. The van der Waals surface area contributed by atoms with Crippen LogP contribution < -0.4 is 10.7 Å². The predicted octanol–water partition coefficient (Wildman–Crippen LogP) is 0.380. The molecule has 2 saturated heterocycles. The number of alkyl carbamates (subject to hydrolysis) is 1. The Labute approximate surface area is 163 Å². The van der Waals surface area contributed by atoms with Gasteiger partial charge in [-0.1, -0.05) is 30.3 Å². The van der Waals surface area contributed by atoms with Crippen molar-refractivity contribution in [2.45, 2.75) is 31.2 Å². The number of ether oxygens (including phenoxy) is 1. The zero-order chi connectivity index (χ0) is 20.1. The Bertz CT molecular complexity index is 692. The number of hydrazine groups is 1. The Kier molecular flexibility index (Phi) is 6.48. The van der Waals surface area contributed by atoms with Gasteiger partial charge in [0.15, 0.2) is 6.30 Å². The van der Waals surface area contributed by atoms with Crippen LogP contribution in [0, 0.1) is 0 Å². The molecule has 2 aliphatic rings. The van der Waals surface area contributed by atoms with Crippen molar-refractivity contribution >= 4 is 12.0 Å². The van der Waals surface area contributed by atoms with Crippen LogP contribution in [0.15, 0.2) is 30.3 Å². The van der Waals surface area contributed by atoms with Gasteiger partial charge in [0.25, 0.3) is 0 Å².